The molecule has 0 radical (unpaired) electrons. The molecule has 0 spiro atoms. The van der Waals surface area contributed by atoms with Crippen molar-refractivity contribution >= 4 is 12.1 Å². The Labute approximate surface area is 180 Å². The van der Waals surface area contributed by atoms with Gasteiger partial charge in [0.1, 0.15) is 12.6 Å². The number of ether oxygens (including phenoxy) is 1. The van der Waals surface area contributed by atoms with E-state index >= 15 is 0 Å². The van der Waals surface area contributed by atoms with Crippen molar-refractivity contribution in [3.63, 3.8) is 0 Å². The van der Waals surface area contributed by atoms with Crippen LogP contribution in [0.2, 0.25) is 0 Å². The Morgan fingerprint density at radius 2 is 1.45 bits per heavy atom. The van der Waals surface area contributed by atoms with E-state index < -0.39 is 18.1 Å². The van der Waals surface area contributed by atoms with E-state index in [-0.39, 0.29) is 18.4 Å². The molecular formula is C26H23NO4. The molecule has 2 aliphatic rings. The van der Waals surface area contributed by atoms with Gasteiger partial charge in [0.15, 0.2) is 0 Å². The zero-order valence-electron chi connectivity index (χ0n) is 17.0. The van der Waals surface area contributed by atoms with Gasteiger partial charge in [0, 0.05) is 18.4 Å². The highest BCUT2D eigenvalue weighted by molar-refractivity contribution is 5.82. The number of benzene rings is 3. The average Bonchev–Trinajstić information content (AvgIpc) is 3.38. The SMILES string of the molecule is O=C(O)[C@H]1[C@H](c2ccccc2)CCN1C(=O)OCC1c2ccccc2-c2ccccc21. The lowest BCUT2D eigenvalue weighted by Gasteiger charge is -2.25. The summed E-state index contributed by atoms with van der Waals surface area (Å²) in [5.74, 6) is -1.29. The molecule has 1 saturated heterocycles. The van der Waals surface area contributed by atoms with Crippen LogP contribution in [0.4, 0.5) is 4.79 Å². The third kappa shape index (κ3) is 3.36. The Hall–Kier alpha value is -3.60. The number of rotatable bonds is 4. The van der Waals surface area contributed by atoms with Crippen molar-refractivity contribution in [1.29, 1.82) is 0 Å². The molecule has 1 amide bonds. The van der Waals surface area contributed by atoms with E-state index in [1.54, 1.807) is 0 Å². The zero-order valence-corrected chi connectivity index (χ0v) is 17.0. The number of carbonyl (C=O) groups is 2. The number of carboxylic acids is 1. The van der Waals surface area contributed by atoms with Crippen LogP contribution >= 0.6 is 0 Å². The van der Waals surface area contributed by atoms with E-state index in [1.807, 2.05) is 54.6 Å². The largest absolute Gasteiger partial charge is 0.480 e. The topological polar surface area (TPSA) is 66.8 Å². The van der Waals surface area contributed by atoms with E-state index in [1.165, 1.54) is 4.90 Å². The van der Waals surface area contributed by atoms with Crippen LogP contribution in [0, 0.1) is 0 Å². The molecule has 5 nitrogen and oxygen atoms in total. The van der Waals surface area contributed by atoms with Gasteiger partial charge in [-0.3, -0.25) is 4.90 Å². The van der Waals surface area contributed by atoms with Crippen molar-refractivity contribution in [2.75, 3.05) is 13.2 Å². The Morgan fingerprint density at radius 3 is 2.06 bits per heavy atom. The Morgan fingerprint density at radius 1 is 0.871 bits per heavy atom. The number of nitrogens with zero attached hydrogens (tertiary/aromatic N) is 1. The third-order valence-corrected chi connectivity index (χ3v) is 6.45. The van der Waals surface area contributed by atoms with Gasteiger partial charge in [0.25, 0.3) is 0 Å². The minimum absolute atomic E-state index is 0.0489. The highest BCUT2D eigenvalue weighted by atomic mass is 16.6. The molecule has 3 aromatic rings. The first-order chi connectivity index (χ1) is 15.1. The molecule has 2 atom stereocenters. The molecule has 1 fully saturated rings. The standard InChI is InChI=1S/C26H23NO4/c28-25(29)24-18(17-8-2-1-3-9-17)14-15-27(24)26(30)31-16-23-21-12-6-4-10-19(21)20-11-5-7-13-22(20)23/h1-13,18,23-24H,14-16H2,(H,28,29)/t18-,24+/m0/s1. The van der Waals surface area contributed by atoms with Gasteiger partial charge in [-0.15, -0.1) is 0 Å². The molecule has 0 unspecified atom stereocenters. The number of hydrogen-bond donors (Lipinski definition) is 1. The van der Waals surface area contributed by atoms with Crippen LogP contribution in [0.1, 0.15) is 34.9 Å². The summed E-state index contributed by atoms with van der Waals surface area (Å²) in [5.41, 5.74) is 5.52. The summed E-state index contributed by atoms with van der Waals surface area (Å²) in [7, 11) is 0. The molecule has 0 aromatic heterocycles. The van der Waals surface area contributed by atoms with Crippen molar-refractivity contribution in [2.45, 2.75) is 24.3 Å². The maximum absolute atomic E-state index is 13.0. The zero-order chi connectivity index (χ0) is 21.4. The summed E-state index contributed by atoms with van der Waals surface area (Å²) in [6.45, 7) is 0.554. The minimum atomic E-state index is -1.00. The second kappa shape index (κ2) is 7.91. The lowest BCUT2D eigenvalue weighted by atomic mass is 9.92. The van der Waals surface area contributed by atoms with E-state index in [0.717, 1.165) is 27.8 Å². The molecule has 31 heavy (non-hydrogen) atoms. The van der Waals surface area contributed by atoms with Gasteiger partial charge >= 0.3 is 12.1 Å². The number of likely N-dealkylation sites (tertiary alicyclic amines) is 1. The fraction of sp³-hybridized carbons (Fsp3) is 0.231. The van der Waals surface area contributed by atoms with Crippen LogP contribution in [-0.4, -0.2) is 41.3 Å². The quantitative estimate of drug-likeness (QED) is 0.662. The van der Waals surface area contributed by atoms with Gasteiger partial charge < -0.3 is 9.84 Å². The molecule has 1 N–H and O–H groups in total. The van der Waals surface area contributed by atoms with Gasteiger partial charge in [-0.05, 0) is 34.2 Å². The van der Waals surface area contributed by atoms with Gasteiger partial charge in [-0.1, -0.05) is 78.9 Å². The Bertz CT molecular complexity index is 1080. The van der Waals surface area contributed by atoms with E-state index in [9.17, 15) is 14.7 Å². The minimum Gasteiger partial charge on any atom is -0.480 e. The predicted octanol–water partition coefficient (Wildman–Crippen LogP) is 4.88. The van der Waals surface area contributed by atoms with Crippen molar-refractivity contribution in [2.24, 2.45) is 0 Å². The maximum Gasteiger partial charge on any atom is 0.410 e. The summed E-state index contributed by atoms with van der Waals surface area (Å²) in [6.07, 6.45) is 0.0400. The van der Waals surface area contributed by atoms with E-state index in [0.29, 0.717) is 13.0 Å². The Kier molecular flexibility index (Phi) is 4.94. The predicted molar refractivity (Wildman–Crippen MR) is 117 cm³/mol. The van der Waals surface area contributed by atoms with Crippen LogP contribution in [0.15, 0.2) is 78.9 Å². The lowest BCUT2D eigenvalue weighted by Crippen LogP contribution is -2.43. The molecule has 1 heterocycles. The number of fused-ring (bicyclic) bond motifs is 3. The molecule has 1 aliphatic heterocycles. The fourth-order valence-corrected chi connectivity index (χ4v) is 5.03. The van der Waals surface area contributed by atoms with Gasteiger partial charge in [0.05, 0.1) is 0 Å². The third-order valence-electron chi connectivity index (χ3n) is 6.45. The second-order valence-electron chi connectivity index (χ2n) is 8.09. The second-order valence-corrected chi connectivity index (χ2v) is 8.09. The Balaban J connectivity index is 1.35. The maximum atomic E-state index is 13.0. The van der Waals surface area contributed by atoms with E-state index in [2.05, 4.69) is 24.3 Å². The molecule has 156 valence electrons. The van der Waals surface area contributed by atoms with Gasteiger partial charge in [-0.25, -0.2) is 9.59 Å². The first-order valence-electron chi connectivity index (χ1n) is 10.5. The van der Waals surface area contributed by atoms with Crippen LogP contribution in [0.5, 0.6) is 0 Å². The van der Waals surface area contributed by atoms with Crippen LogP contribution < -0.4 is 0 Å². The molecular weight excluding hydrogens is 390 g/mol. The van der Waals surface area contributed by atoms with Crippen molar-refractivity contribution in [3.8, 4) is 11.1 Å². The summed E-state index contributed by atoms with van der Waals surface area (Å²) < 4.78 is 5.71. The molecule has 1 aliphatic carbocycles. The van der Waals surface area contributed by atoms with Gasteiger partial charge in [-0.2, -0.15) is 0 Å². The molecule has 0 saturated carbocycles. The smallest absolute Gasteiger partial charge is 0.410 e. The van der Waals surface area contributed by atoms with E-state index in [4.69, 9.17) is 4.74 Å². The summed E-state index contributed by atoms with van der Waals surface area (Å²) in [6, 6.07) is 24.9. The fourth-order valence-electron chi connectivity index (χ4n) is 5.03. The molecule has 0 bridgehead atoms. The monoisotopic (exact) mass is 413 g/mol. The highest BCUT2D eigenvalue weighted by Gasteiger charge is 2.43. The molecule has 3 aromatic carbocycles. The van der Waals surface area contributed by atoms with Crippen molar-refractivity contribution in [3.05, 3.63) is 95.6 Å². The first-order valence-corrected chi connectivity index (χ1v) is 10.5. The van der Waals surface area contributed by atoms with Crippen molar-refractivity contribution < 1.29 is 19.4 Å². The first kappa shape index (κ1) is 19.4. The average molecular weight is 413 g/mol. The number of aliphatic carboxylic acids is 1. The normalized spacial score (nSPS) is 19.7. The highest BCUT2D eigenvalue weighted by Crippen LogP contribution is 2.44. The summed E-state index contributed by atoms with van der Waals surface area (Å²) in [5, 5.41) is 9.85. The number of amides is 1. The summed E-state index contributed by atoms with van der Waals surface area (Å²) >= 11 is 0. The number of hydrogen-bond acceptors (Lipinski definition) is 3. The van der Waals surface area contributed by atoms with Crippen LogP contribution in [-0.2, 0) is 9.53 Å². The van der Waals surface area contributed by atoms with Crippen LogP contribution in [0.3, 0.4) is 0 Å². The van der Waals surface area contributed by atoms with Crippen molar-refractivity contribution in [1.82, 2.24) is 4.90 Å². The molecule has 5 heteroatoms. The van der Waals surface area contributed by atoms with Gasteiger partial charge in [0.2, 0.25) is 0 Å². The van der Waals surface area contributed by atoms with Crippen LogP contribution in [0.25, 0.3) is 11.1 Å². The lowest BCUT2D eigenvalue weighted by molar-refractivity contribution is -0.142. The molecule has 5 rings (SSSR count). The number of carboxylic acid groups (broad SMARTS) is 1. The summed E-state index contributed by atoms with van der Waals surface area (Å²) in [4.78, 5) is 26.4. The number of carbonyl (C=O) groups excluding carboxylic acids is 1.